The molecule has 0 saturated carbocycles. The van der Waals surface area contributed by atoms with Gasteiger partial charge in [0.1, 0.15) is 0 Å². The van der Waals surface area contributed by atoms with Gasteiger partial charge < -0.3 is 15.4 Å². The van der Waals surface area contributed by atoms with Crippen LogP contribution in [0.4, 0.5) is 0 Å². The SMILES string of the molecule is COCc1ccccc1CNC(=O)C1=C(c2cccc(-c3ccccc3)c2)CCNC1. The second kappa shape index (κ2) is 10.2. The van der Waals surface area contributed by atoms with Crippen LogP contribution in [0.5, 0.6) is 0 Å². The van der Waals surface area contributed by atoms with Crippen LogP contribution >= 0.6 is 0 Å². The van der Waals surface area contributed by atoms with E-state index in [0.29, 0.717) is 19.7 Å². The minimum atomic E-state index is -0.0143. The molecule has 2 N–H and O–H groups in total. The summed E-state index contributed by atoms with van der Waals surface area (Å²) in [5.74, 6) is -0.0143. The number of carbonyl (C=O) groups is 1. The summed E-state index contributed by atoms with van der Waals surface area (Å²) in [7, 11) is 1.68. The number of hydrogen-bond donors (Lipinski definition) is 2. The van der Waals surface area contributed by atoms with Gasteiger partial charge in [-0.1, -0.05) is 72.8 Å². The van der Waals surface area contributed by atoms with Gasteiger partial charge in [-0.2, -0.15) is 0 Å². The van der Waals surface area contributed by atoms with E-state index in [1.807, 2.05) is 42.5 Å². The van der Waals surface area contributed by atoms with Gasteiger partial charge in [-0.15, -0.1) is 0 Å². The fourth-order valence-corrected chi connectivity index (χ4v) is 4.05. The lowest BCUT2D eigenvalue weighted by molar-refractivity contribution is -0.117. The summed E-state index contributed by atoms with van der Waals surface area (Å²) in [4.78, 5) is 13.1. The van der Waals surface area contributed by atoms with Crippen molar-refractivity contribution >= 4 is 11.5 Å². The first-order valence-corrected chi connectivity index (χ1v) is 10.7. The Morgan fingerprint density at radius 3 is 2.42 bits per heavy atom. The normalized spacial score (nSPS) is 13.8. The molecule has 4 nitrogen and oxygen atoms in total. The van der Waals surface area contributed by atoms with Gasteiger partial charge in [-0.05, 0) is 52.4 Å². The Balaban J connectivity index is 1.58. The van der Waals surface area contributed by atoms with Crippen LogP contribution in [-0.4, -0.2) is 26.1 Å². The van der Waals surface area contributed by atoms with E-state index in [4.69, 9.17) is 4.74 Å². The number of ether oxygens (including phenoxy) is 1. The van der Waals surface area contributed by atoms with E-state index in [2.05, 4.69) is 47.0 Å². The Kier molecular flexibility index (Phi) is 6.92. The summed E-state index contributed by atoms with van der Waals surface area (Å²) >= 11 is 0. The fourth-order valence-electron chi connectivity index (χ4n) is 4.05. The molecule has 0 fully saturated rings. The van der Waals surface area contributed by atoms with E-state index < -0.39 is 0 Å². The summed E-state index contributed by atoms with van der Waals surface area (Å²) < 4.78 is 5.28. The van der Waals surface area contributed by atoms with Gasteiger partial charge in [-0.25, -0.2) is 0 Å². The van der Waals surface area contributed by atoms with Crippen molar-refractivity contribution in [3.8, 4) is 11.1 Å². The average molecular weight is 413 g/mol. The van der Waals surface area contributed by atoms with Crippen molar-refractivity contribution in [1.29, 1.82) is 0 Å². The molecule has 0 unspecified atom stereocenters. The van der Waals surface area contributed by atoms with E-state index >= 15 is 0 Å². The Morgan fingerprint density at radius 2 is 1.61 bits per heavy atom. The molecular weight excluding hydrogens is 384 g/mol. The highest BCUT2D eigenvalue weighted by Gasteiger charge is 2.20. The molecule has 1 heterocycles. The van der Waals surface area contributed by atoms with Crippen LogP contribution in [0.15, 0.2) is 84.4 Å². The summed E-state index contributed by atoms with van der Waals surface area (Å²) in [5.41, 5.74) is 7.58. The monoisotopic (exact) mass is 412 g/mol. The highest BCUT2D eigenvalue weighted by molar-refractivity contribution is 6.02. The molecule has 3 aromatic rings. The molecule has 0 saturated heterocycles. The van der Waals surface area contributed by atoms with Crippen LogP contribution in [0.2, 0.25) is 0 Å². The van der Waals surface area contributed by atoms with Gasteiger partial charge in [0, 0.05) is 25.8 Å². The molecule has 0 atom stereocenters. The largest absolute Gasteiger partial charge is 0.380 e. The first kappa shape index (κ1) is 21.0. The summed E-state index contributed by atoms with van der Waals surface area (Å²) in [5, 5.41) is 6.47. The first-order chi connectivity index (χ1) is 15.3. The second-order valence-corrected chi connectivity index (χ2v) is 7.72. The number of methoxy groups -OCH3 is 1. The minimum Gasteiger partial charge on any atom is -0.380 e. The van der Waals surface area contributed by atoms with Crippen molar-refractivity contribution in [1.82, 2.24) is 10.6 Å². The second-order valence-electron chi connectivity index (χ2n) is 7.72. The number of hydrogen-bond acceptors (Lipinski definition) is 3. The smallest absolute Gasteiger partial charge is 0.249 e. The van der Waals surface area contributed by atoms with Crippen molar-refractivity contribution in [2.24, 2.45) is 0 Å². The van der Waals surface area contributed by atoms with Gasteiger partial charge >= 0.3 is 0 Å². The highest BCUT2D eigenvalue weighted by Crippen LogP contribution is 2.29. The predicted octanol–water partition coefficient (Wildman–Crippen LogP) is 4.56. The van der Waals surface area contributed by atoms with Gasteiger partial charge in [0.15, 0.2) is 0 Å². The lowest BCUT2D eigenvalue weighted by Gasteiger charge is -2.22. The number of carbonyl (C=O) groups excluding carboxylic acids is 1. The Bertz CT molecular complexity index is 1070. The van der Waals surface area contributed by atoms with Crippen molar-refractivity contribution in [2.75, 3.05) is 20.2 Å². The quantitative estimate of drug-likeness (QED) is 0.598. The lowest BCUT2D eigenvalue weighted by Crippen LogP contribution is -2.34. The van der Waals surface area contributed by atoms with Crippen molar-refractivity contribution in [3.63, 3.8) is 0 Å². The molecule has 4 rings (SSSR count). The summed E-state index contributed by atoms with van der Waals surface area (Å²) in [6.45, 7) is 2.47. The molecule has 3 aromatic carbocycles. The Labute approximate surface area is 184 Å². The van der Waals surface area contributed by atoms with Crippen LogP contribution in [0, 0.1) is 0 Å². The zero-order chi connectivity index (χ0) is 21.5. The molecule has 0 spiro atoms. The van der Waals surface area contributed by atoms with Crippen molar-refractivity contribution in [3.05, 3.63) is 101 Å². The van der Waals surface area contributed by atoms with E-state index in [-0.39, 0.29) is 5.91 Å². The fraction of sp³-hybridized carbons (Fsp3) is 0.222. The standard InChI is InChI=1S/C27H28N2O2/c1-31-19-24-11-6-5-10-23(24)17-29-27(30)26-18-28-15-14-25(26)22-13-7-12-21(16-22)20-8-3-2-4-9-20/h2-13,16,28H,14-15,17-19H2,1H3,(H,29,30). The maximum Gasteiger partial charge on any atom is 0.249 e. The third-order valence-electron chi connectivity index (χ3n) is 5.67. The number of rotatable bonds is 7. The zero-order valence-corrected chi connectivity index (χ0v) is 17.9. The zero-order valence-electron chi connectivity index (χ0n) is 17.9. The first-order valence-electron chi connectivity index (χ1n) is 10.7. The Hall–Kier alpha value is -3.21. The van der Waals surface area contributed by atoms with Crippen LogP contribution in [0.1, 0.15) is 23.1 Å². The summed E-state index contributed by atoms with van der Waals surface area (Å²) in [6, 6.07) is 26.9. The maximum atomic E-state index is 13.1. The van der Waals surface area contributed by atoms with E-state index in [9.17, 15) is 4.79 Å². The molecule has 1 amide bonds. The molecule has 4 heteroatoms. The van der Waals surface area contributed by atoms with Crippen molar-refractivity contribution in [2.45, 2.75) is 19.6 Å². The van der Waals surface area contributed by atoms with Crippen LogP contribution in [0.25, 0.3) is 16.7 Å². The number of amides is 1. The number of benzene rings is 3. The van der Waals surface area contributed by atoms with Gasteiger partial charge in [0.05, 0.1) is 6.61 Å². The lowest BCUT2D eigenvalue weighted by atomic mass is 9.91. The molecule has 31 heavy (non-hydrogen) atoms. The molecule has 0 radical (unpaired) electrons. The Morgan fingerprint density at radius 1 is 0.903 bits per heavy atom. The third kappa shape index (κ3) is 5.10. The van der Waals surface area contributed by atoms with E-state index in [0.717, 1.165) is 46.4 Å². The highest BCUT2D eigenvalue weighted by atomic mass is 16.5. The van der Waals surface area contributed by atoms with Gasteiger partial charge in [0.2, 0.25) is 5.91 Å². The molecule has 158 valence electrons. The maximum absolute atomic E-state index is 13.1. The molecule has 1 aliphatic rings. The predicted molar refractivity (Wildman–Crippen MR) is 125 cm³/mol. The molecular formula is C27H28N2O2. The molecule has 0 bridgehead atoms. The minimum absolute atomic E-state index is 0.0143. The topological polar surface area (TPSA) is 50.4 Å². The third-order valence-corrected chi connectivity index (χ3v) is 5.67. The van der Waals surface area contributed by atoms with Crippen LogP contribution in [-0.2, 0) is 22.7 Å². The molecule has 0 aromatic heterocycles. The van der Waals surface area contributed by atoms with Crippen molar-refractivity contribution < 1.29 is 9.53 Å². The van der Waals surface area contributed by atoms with Crippen LogP contribution < -0.4 is 10.6 Å². The van der Waals surface area contributed by atoms with Crippen LogP contribution in [0.3, 0.4) is 0 Å². The average Bonchev–Trinajstić information content (AvgIpc) is 2.84. The molecule has 1 aliphatic heterocycles. The van der Waals surface area contributed by atoms with Gasteiger partial charge in [-0.3, -0.25) is 4.79 Å². The molecule has 0 aliphatic carbocycles. The summed E-state index contributed by atoms with van der Waals surface area (Å²) in [6.07, 6.45) is 0.835. The van der Waals surface area contributed by atoms with E-state index in [1.54, 1.807) is 7.11 Å². The van der Waals surface area contributed by atoms with E-state index in [1.165, 1.54) is 5.56 Å². The van der Waals surface area contributed by atoms with Gasteiger partial charge in [0.25, 0.3) is 0 Å². The number of nitrogens with one attached hydrogen (secondary N) is 2.